The Morgan fingerprint density at radius 1 is 1.20 bits per heavy atom. The summed E-state index contributed by atoms with van der Waals surface area (Å²) in [6, 6.07) is 9.76. The van der Waals surface area contributed by atoms with Crippen LogP contribution in [0.4, 0.5) is 5.69 Å². The van der Waals surface area contributed by atoms with Gasteiger partial charge >= 0.3 is 0 Å². The molecule has 1 nitrogen and oxygen atoms in total. The van der Waals surface area contributed by atoms with Crippen LogP contribution >= 0.6 is 0 Å². The quantitative estimate of drug-likeness (QED) is 0.547. The normalized spacial score (nSPS) is 10.0. The first kappa shape index (κ1) is 6.75. The molecule has 50 valence electrons. The van der Waals surface area contributed by atoms with Gasteiger partial charge < -0.3 is 0 Å². The van der Waals surface area contributed by atoms with Gasteiger partial charge in [-0.05, 0) is 12.1 Å². The van der Waals surface area contributed by atoms with Crippen LogP contribution in [0.25, 0.3) is 0 Å². The maximum absolute atomic E-state index is 4.08. The first-order valence-electron chi connectivity index (χ1n) is 3.13. The fourth-order valence-electron chi connectivity index (χ4n) is 0.653. The predicted molar refractivity (Wildman–Crippen MR) is 44.8 cm³/mol. The molecule has 0 bridgehead atoms. The van der Waals surface area contributed by atoms with Gasteiger partial charge in [0.2, 0.25) is 0 Å². The van der Waals surface area contributed by atoms with Gasteiger partial charge in [0.05, 0.1) is 5.69 Å². The molecule has 0 spiro atoms. The molecule has 0 heterocycles. The highest BCUT2D eigenvalue weighted by molar-refractivity contribution is 5.73. The van der Waals surface area contributed by atoms with E-state index in [1.165, 1.54) is 0 Å². The van der Waals surface area contributed by atoms with Crippen molar-refractivity contribution in [3.05, 3.63) is 43.0 Å². The Hall–Kier alpha value is -1.37. The van der Waals surface area contributed by atoms with Gasteiger partial charge in [-0.15, -0.1) is 0 Å². The van der Waals surface area contributed by atoms with Crippen molar-refractivity contribution in [3.63, 3.8) is 0 Å². The van der Waals surface area contributed by atoms with E-state index in [1.807, 2.05) is 30.3 Å². The first-order chi connectivity index (χ1) is 4.93. The Labute approximate surface area is 60.7 Å². The highest BCUT2D eigenvalue weighted by Crippen LogP contribution is 2.07. The first-order valence-corrected chi connectivity index (χ1v) is 3.13. The molecule has 0 atom stereocenters. The van der Waals surface area contributed by atoms with Crippen LogP contribution in [0.5, 0.6) is 0 Å². The molecule has 0 unspecified atom stereocenters. The molecular formula is C9H9N. The van der Waals surface area contributed by atoms with Crippen LogP contribution in [0.15, 0.2) is 48.0 Å². The highest BCUT2D eigenvalue weighted by atomic mass is 14.7. The molecule has 1 rings (SSSR count). The smallest absolute Gasteiger partial charge is 0.0629 e. The topological polar surface area (TPSA) is 12.4 Å². The molecular weight excluding hydrogens is 122 g/mol. The summed E-state index contributed by atoms with van der Waals surface area (Å²) in [5.41, 5.74) is 0.961. The van der Waals surface area contributed by atoms with Crippen molar-refractivity contribution in [2.75, 3.05) is 0 Å². The van der Waals surface area contributed by atoms with Gasteiger partial charge in [0.1, 0.15) is 0 Å². The minimum atomic E-state index is 0.961. The Bertz CT molecular complexity index is 224. The van der Waals surface area contributed by atoms with E-state index in [1.54, 1.807) is 12.3 Å². The van der Waals surface area contributed by atoms with Crippen LogP contribution in [0, 0.1) is 0 Å². The molecule has 0 aliphatic heterocycles. The van der Waals surface area contributed by atoms with Crippen LogP contribution < -0.4 is 0 Å². The molecule has 0 saturated carbocycles. The summed E-state index contributed by atoms with van der Waals surface area (Å²) in [4.78, 5) is 4.08. The standard InChI is InChI=1S/C9H9N/c1-2-8-10-9-6-4-3-5-7-9/h2-8H,1H2. The molecule has 1 aromatic rings. The zero-order chi connectivity index (χ0) is 7.23. The lowest BCUT2D eigenvalue weighted by Gasteiger charge is -1.87. The minimum absolute atomic E-state index is 0.961. The van der Waals surface area contributed by atoms with E-state index >= 15 is 0 Å². The summed E-state index contributed by atoms with van der Waals surface area (Å²) < 4.78 is 0. The molecule has 1 aromatic carbocycles. The Balaban J connectivity index is 2.76. The molecule has 0 fully saturated rings. The fraction of sp³-hybridized carbons (Fsp3) is 0. The number of allylic oxidation sites excluding steroid dienone is 1. The van der Waals surface area contributed by atoms with E-state index in [0.29, 0.717) is 0 Å². The van der Waals surface area contributed by atoms with Crippen molar-refractivity contribution < 1.29 is 0 Å². The van der Waals surface area contributed by atoms with Crippen molar-refractivity contribution in [3.8, 4) is 0 Å². The molecule has 0 N–H and O–H groups in total. The van der Waals surface area contributed by atoms with Gasteiger partial charge in [0.25, 0.3) is 0 Å². The van der Waals surface area contributed by atoms with E-state index in [2.05, 4.69) is 11.6 Å². The van der Waals surface area contributed by atoms with Crippen molar-refractivity contribution in [1.82, 2.24) is 0 Å². The minimum Gasteiger partial charge on any atom is -0.257 e. The maximum Gasteiger partial charge on any atom is 0.0629 e. The van der Waals surface area contributed by atoms with Crippen molar-refractivity contribution in [2.24, 2.45) is 4.99 Å². The second kappa shape index (κ2) is 3.62. The average molecular weight is 131 g/mol. The van der Waals surface area contributed by atoms with Crippen LogP contribution in [0.1, 0.15) is 0 Å². The van der Waals surface area contributed by atoms with Gasteiger partial charge in [-0.2, -0.15) is 0 Å². The Kier molecular flexibility index (Phi) is 2.44. The summed E-state index contributed by atoms with van der Waals surface area (Å²) in [6.45, 7) is 3.53. The van der Waals surface area contributed by atoms with Crippen LogP contribution in [-0.2, 0) is 0 Å². The molecule has 0 amide bonds. The molecule has 0 aliphatic carbocycles. The highest BCUT2D eigenvalue weighted by Gasteiger charge is 1.79. The van der Waals surface area contributed by atoms with E-state index in [0.717, 1.165) is 5.69 Å². The lowest BCUT2D eigenvalue weighted by atomic mass is 10.3. The van der Waals surface area contributed by atoms with Crippen LogP contribution in [-0.4, -0.2) is 6.21 Å². The van der Waals surface area contributed by atoms with Gasteiger partial charge in [0.15, 0.2) is 0 Å². The summed E-state index contributed by atoms with van der Waals surface area (Å²) in [7, 11) is 0. The molecule has 0 saturated heterocycles. The zero-order valence-corrected chi connectivity index (χ0v) is 5.70. The Morgan fingerprint density at radius 3 is 2.50 bits per heavy atom. The average Bonchev–Trinajstić information content (AvgIpc) is 2.03. The van der Waals surface area contributed by atoms with E-state index in [-0.39, 0.29) is 0 Å². The third-order valence-electron chi connectivity index (χ3n) is 1.09. The predicted octanol–water partition coefficient (Wildman–Crippen LogP) is 2.57. The van der Waals surface area contributed by atoms with E-state index in [9.17, 15) is 0 Å². The number of hydrogen-bond donors (Lipinski definition) is 0. The second-order valence-electron chi connectivity index (χ2n) is 1.85. The summed E-state index contributed by atoms with van der Waals surface area (Å²) in [5.74, 6) is 0. The largest absolute Gasteiger partial charge is 0.257 e. The molecule has 0 aliphatic rings. The van der Waals surface area contributed by atoms with E-state index < -0.39 is 0 Å². The van der Waals surface area contributed by atoms with Gasteiger partial charge in [-0.25, -0.2) is 0 Å². The van der Waals surface area contributed by atoms with E-state index in [4.69, 9.17) is 0 Å². The lowest BCUT2D eigenvalue weighted by molar-refractivity contribution is 1.54. The number of aliphatic imine (C=N–C) groups is 1. The molecule has 0 aromatic heterocycles. The molecule has 0 radical (unpaired) electrons. The number of nitrogens with zero attached hydrogens (tertiary/aromatic N) is 1. The van der Waals surface area contributed by atoms with Gasteiger partial charge in [0, 0.05) is 6.21 Å². The number of rotatable bonds is 2. The maximum atomic E-state index is 4.08. The number of hydrogen-bond acceptors (Lipinski definition) is 1. The number of para-hydroxylation sites is 1. The molecule has 10 heavy (non-hydrogen) atoms. The molecule has 1 heteroatoms. The summed E-state index contributed by atoms with van der Waals surface area (Å²) >= 11 is 0. The lowest BCUT2D eigenvalue weighted by Crippen LogP contribution is -1.63. The van der Waals surface area contributed by atoms with Crippen LogP contribution in [0.3, 0.4) is 0 Å². The number of benzene rings is 1. The Morgan fingerprint density at radius 2 is 1.90 bits per heavy atom. The van der Waals surface area contributed by atoms with Gasteiger partial charge in [-0.3, -0.25) is 4.99 Å². The third kappa shape index (κ3) is 1.86. The second-order valence-corrected chi connectivity index (χ2v) is 1.85. The summed E-state index contributed by atoms with van der Waals surface area (Å²) in [5, 5.41) is 0. The monoisotopic (exact) mass is 131 g/mol. The third-order valence-corrected chi connectivity index (χ3v) is 1.09. The summed E-state index contributed by atoms with van der Waals surface area (Å²) in [6.07, 6.45) is 3.34. The van der Waals surface area contributed by atoms with Crippen molar-refractivity contribution >= 4 is 11.9 Å². The van der Waals surface area contributed by atoms with Crippen molar-refractivity contribution in [2.45, 2.75) is 0 Å². The fourth-order valence-corrected chi connectivity index (χ4v) is 0.653. The van der Waals surface area contributed by atoms with Crippen LogP contribution in [0.2, 0.25) is 0 Å². The van der Waals surface area contributed by atoms with Crippen molar-refractivity contribution in [1.29, 1.82) is 0 Å². The zero-order valence-electron chi connectivity index (χ0n) is 5.70. The SMILES string of the molecule is C=CC=Nc1ccccc1. The van der Waals surface area contributed by atoms with Gasteiger partial charge in [-0.1, -0.05) is 30.9 Å².